The fourth-order valence-corrected chi connectivity index (χ4v) is 1.83. The van der Waals surface area contributed by atoms with Gasteiger partial charge in [-0.2, -0.15) is 4.39 Å². The van der Waals surface area contributed by atoms with Crippen LogP contribution in [0.5, 0.6) is 11.5 Å². The van der Waals surface area contributed by atoms with E-state index in [4.69, 9.17) is 15.9 Å². The molecule has 0 bridgehead atoms. The van der Waals surface area contributed by atoms with Gasteiger partial charge >= 0.3 is 6.09 Å². The predicted molar refractivity (Wildman–Crippen MR) is 83.5 cm³/mol. The molecule has 1 aromatic rings. The molecule has 0 spiro atoms. The molecule has 0 N–H and O–H groups in total. The molecule has 1 amide bonds. The summed E-state index contributed by atoms with van der Waals surface area (Å²) in [7, 11) is 1.61. The number of hydrogen-bond donors (Lipinski definition) is 0. The van der Waals surface area contributed by atoms with Gasteiger partial charge in [-0.1, -0.05) is 19.9 Å². The minimum absolute atomic E-state index is 0.0498. The lowest BCUT2D eigenvalue weighted by atomic mass is 10.2. The SMILES string of the molecule is C#CCCCOc1cccc(OC(=O)N(C)CC(C)C)c1F. The summed E-state index contributed by atoms with van der Waals surface area (Å²) < 4.78 is 24.6. The van der Waals surface area contributed by atoms with Crippen LogP contribution in [0.1, 0.15) is 26.7 Å². The molecule has 0 aliphatic heterocycles. The van der Waals surface area contributed by atoms with E-state index in [1.807, 2.05) is 13.8 Å². The largest absolute Gasteiger partial charge is 0.490 e. The van der Waals surface area contributed by atoms with Crippen LogP contribution in [0, 0.1) is 24.1 Å². The minimum atomic E-state index is -0.686. The molecular formula is C17H22FNO3. The van der Waals surface area contributed by atoms with E-state index in [-0.39, 0.29) is 11.5 Å². The highest BCUT2D eigenvalue weighted by Crippen LogP contribution is 2.27. The number of unbranched alkanes of at least 4 members (excludes halogenated alkanes) is 1. The highest BCUT2D eigenvalue weighted by Gasteiger charge is 2.17. The quantitative estimate of drug-likeness (QED) is 0.569. The van der Waals surface area contributed by atoms with Crippen molar-refractivity contribution in [2.75, 3.05) is 20.2 Å². The monoisotopic (exact) mass is 307 g/mol. The van der Waals surface area contributed by atoms with E-state index in [0.717, 1.165) is 0 Å². The number of carbonyl (C=O) groups is 1. The second kappa shape index (κ2) is 8.93. The van der Waals surface area contributed by atoms with Crippen LogP contribution in [0.15, 0.2) is 18.2 Å². The van der Waals surface area contributed by atoms with Crippen LogP contribution in [0.3, 0.4) is 0 Å². The summed E-state index contributed by atoms with van der Waals surface area (Å²) in [6, 6.07) is 4.45. The summed E-state index contributed by atoms with van der Waals surface area (Å²) in [4.78, 5) is 13.3. The molecule has 0 fully saturated rings. The summed E-state index contributed by atoms with van der Waals surface area (Å²) in [6.45, 7) is 4.80. The Balaban J connectivity index is 2.68. The van der Waals surface area contributed by atoms with Crippen molar-refractivity contribution in [1.29, 1.82) is 0 Å². The zero-order valence-corrected chi connectivity index (χ0v) is 13.3. The normalized spacial score (nSPS) is 10.2. The van der Waals surface area contributed by atoms with E-state index in [9.17, 15) is 9.18 Å². The zero-order valence-electron chi connectivity index (χ0n) is 13.3. The maximum Gasteiger partial charge on any atom is 0.415 e. The van der Waals surface area contributed by atoms with Crippen LogP contribution in [0.4, 0.5) is 9.18 Å². The number of rotatable bonds is 7. The molecule has 22 heavy (non-hydrogen) atoms. The lowest BCUT2D eigenvalue weighted by molar-refractivity contribution is 0.155. The maximum atomic E-state index is 14.2. The molecule has 0 heterocycles. The molecule has 0 unspecified atom stereocenters. The van der Waals surface area contributed by atoms with Gasteiger partial charge in [0, 0.05) is 20.0 Å². The van der Waals surface area contributed by atoms with Crippen molar-refractivity contribution in [3.05, 3.63) is 24.0 Å². The number of terminal acetylenes is 1. The van der Waals surface area contributed by atoms with Gasteiger partial charge in [0.05, 0.1) is 6.61 Å². The molecule has 1 aromatic carbocycles. The molecule has 1 rings (SSSR count). The van der Waals surface area contributed by atoms with Crippen LogP contribution < -0.4 is 9.47 Å². The predicted octanol–water partition coefficient (Wildman–Crippen LogP) is 3.70. The van der Waals surface area contributed by atoms with Crippen LogP contribution in [0.25, 0.3) is 0 Å². The average Bonchev–Trinajstić information content (AvgIpc) is 2.46. The Labute approximate surface area is 131 Å². The van der Waals surface area contributed by atoms with Crippen LogP contribution in [-0.4, -0.2) is 31.2 Å². The third-order valence-corrected chi connectivity index (χ3v) is 2.80. The first kappa shape index (κ1) is 17.8. The molecule has 0 aliphatic carbocycles. The summed E-state index contributed by atoms with van der Waals surface area (Å²) in [5.41, 5.74) is 0. The highest BCUT2D eigenvalue weighted by atomic mass is 19.1. The first-order valence-electron chi connectivity index (χ1n) is 7.23. The lowest BCUT2D eigenvalue weighted by Gasteiger charge is -2.19. The van der Waals surface area contributed by atoms with Gasteiger partial charge in [-0.25, -0.2) is 4.79 Å². The molecular weight excluding hydrogens is 285 g/mol. The van der Waals surface area contributed by atoms with Crippen molar-refractivity contribution in [3.8, 4) is 23.8 Å². The van der Waals surface area contributed by atoms with E-state index in [1.54, 1.807) is 13.1 Å². The molecule has 0 saturated carbocycles. The van der Waals surface area contributed by atoms with Gasteiger partial charge in [-0.15, -0.1) is 12.3 Å². The van der Waals surface area contributed by atoms with Crippen LogP contribution >= 0.6 is 0 Å². The Bertz CT molecular complexity index is 537. The van der Waals surface area contributed by atoms with E-state index in [2.05, 4.69) is 5.92 Å². The van der Waals surface area contributed by atoms with Gasteiger partial charge < -0.3 is 14.4 Å². The fraction of sp³-hybridized carbons (Fsp3) is 0.471. The first-order chi connectivity index (χ1) is 10.5. The Morgan fingerprint density at radius 2 is 2.09 bits per heavy atom. The van der Waals surface area contributed by atoms with Crippen molar-refractivity contribution in [1.82, 2.24) is 4.90 Å². The number of hydrogen-bond acceptors (Lipinski definition) is 3. The average molecular weight is 307 g/mol. The maximum absolute atomic E-state index is 14.2. The molecule has 0 aliphatic rings. The third kappa shape index (κ3) is 5.65. The summed E-state index contributed by atoms with van der Waals surface area (Å²) in [6.07, 6.45) is 5.74. The topological polar surface area (TPSA) is 38.8 Å². The van der Waals surface area contributed by atoms with Gasteiger partial charge in [0.25, 0.3) is 0 Å². The molecule has 0 aromatic heterocycles. The van der Waals surface area contributed by atoms with Crippen molar-refractivity contribution >= 4 is 6.09 Å². The van der Waals surface area contributed by atoms with Gasteiger partial charge in [-0.3, -0.25) is 0 Å². The molecule has 0 saturated heterocycles. The second-order valence-electron chi connectivity index (χ2n) is 5.37. The van der Waals surface area contributed by atoms with E-state index in [0.29, 0.717) is 31.9 Å². The molecule has 120 valence electrons. The van der Waals surface area contributed by atoms with Gasteiger partial charge in [0.1, 0.15) is 0 Å². The van der Waals surface area contributed by atoms with Crippen molar-refractivity contribution < 1.29 is 18.7 Å². The number of benzene rings is 1. The summed E-state index contributed by atoms with van der Waals surface area (Å²) in [5, 5.41) is 0. The summed E-state index contributed by atoms with van der Waals surface area (Å²) in [5.74, 6) is 2.01. The number of amides is 1. The Kier molecular flexibility index (Phi) is 7.24. The smallest absolute Gasteiger partial charge is 0.415 e. The van der Waals surface area contributed by atoms with Crippen molar-refractivity contribution in [3.63, 3.8) is 0 Å². The molecule has 0 atom stereocenters. The Morgan fingerprint density at radius 1 is 1.41 bits per heavy atom. The van der Waals surface area contributed by atoms with Crippen LogP contribution in [-0.2, 0) is 0 Å². The summed E-state index contributed by atoms with van der Waals surface area (Å²) >= 11 is 0. The van der Waals surface area contributed by atoms with Crippen molar-refractivity contribution in [2.45, 2.75) is 26.7 Å². The Hall–Kier alpha value is -2.22. The first-order valence-corrected chi connectivity index (χ1v) is 7.23. The number of carbonyl (C=O) groups excluding carboxylic acids is 1. The van der Waals surface area contributed by atoms with Crippen LogP contribution in [0.2, 0.25) is 0 Å². The zero-order chi connectivity index (χ0) is 16.5. The highest BCUT2D eigenvalue weighted by molar-refractivity contribution is 5.70. The fourth-order valence-electron chi connectivity index (χ4n) is 1.83. The molecule has 5 heteroatoms. The third-order valence-electron chi connectivity index (χ3n) is 2.80. The second-order valence-corrected chi connectivity index (χ2v) is 5.37. The van der Waals surface area contributed by atoms with Crippen molar-refractivity contribution in [2.24, 2.45) is 5.92 Å². The number of ether oxygens (including phenoxy) is 2. The molecule has 0 radical (unpaired) electrons. The minimum Gasteiger partial charge on any atom is -0.490 e. The number of halogens is 1. The van der Waals surface area contributed by atoms with Gasteiger partial charge in [0.15, 0.2) is 11.5 Å². The number of nitrogens with zero attached hydrogens (tertiary/aromatic N) is 1. The van der Waals surface area contributed by atoms with E-state index < -0.39 is 11.9 Å². The van der Waals surface area contributed by atoms with E-state index in [1.165, 1.54) is 17.0 Å². The Morgan fingerprint density at radius 3 is 2.73 bits per heavy atom. The lowest BCUT2D eigenvalue weighted by Crippen LogP contribution is -2.32. The van der Waals surface area contributed by atoms with Gasteiger partial charge in [0.2, 0.25) is 5.82 Å². The van der Waals surface area contributed by atoms with Gasteiger partial charge in [-0.05, 0) is 24.5 Å². The standard InChI is InChI=1S/C17H22FNO3/c1-5-6-7-11-21-14-9-8-10-15(16(14)18)22-17(20)19(4)12-13(2)3/h1,8-10,13H,6-7,11-12H2,2-4H3. The molecule has 4 nitrogen and oxygen atoms in total. The van der Waals surface area contributed by atoms with E-state index >= 15 is 0 Å².